The van der Waals surface area contributed by atoms with Gasteiger partial charge < -0.3 is 180 Å². The van der Waals surface area contributed by atoms with Crippen LogP contribution in [-0.4, -0.2) is 250 Å². The van der Waals surface area contributed by atoms with Gasteiger partial charge in [-0.3, -0.25) is 0 Å². The van der Waals surface area contributed by atoms with E-state index in [0.717, 1.165) is 0 Å². The highest BCUT2D eigenvalue weighted by atomic mass is 16.8. The van der Waals surface area contributed by atoms with Crippen molar-refractivity contribution in [3.63, 3.8) is 0 Å². The maximum Gasteiger partial charge on any atom is 0.344 e. The Balaban J connectivity index is 0.984. The van der Waals surface area contributed by atoms with E-state index in [4.69, 9.17) is 52.1 Å². The van der Waals surface area contributed by atoms with E-state index >= 15 is 4.79 Å². The van der Waals surface area contributed by atoms with Crippen LogP contribution in [0.3, 0.4) is 0 Å². The number of benzene rings is 8. The Hall–Kier alpha value is -15.4. The molecule has 8 aromatic rings. The lowest BCUT2D eigenvalue weighted by Gasteiger charge is -2.43. The second kappa shape index (κ2) is 28.4. The summed E-state index contributed by atoms with van der Waals surface area (Å²) in [5, 5.41) is 272. The molecule has 44 heteroatoms. The molecule has 0 saturated carbocycles. The molecule has 0 amide bonds. The Labute approximate surface area is 616 Å². The van der Waals surface area contributed by atoms with Crippen molar-refractivity contribution < 1.29 is 218 Å². The van der Waals surface area contributed by atoms with E-state index in [2.05, 4.69) is 0 Å². The molecule has 0 aromatic heterocycles. The fourth-order valence-electron chi connectivity index (χ4n) is 11.8. The zero-order valence-electron chi connectivity index (χ0n) is 55.0. The fraction of sp³-hybridized carbons (Fsp3) is 0.176. The van der Waals surface area contributed by atoms with Gasteiger partial charge >= 0.3 is 47.8 Å². The summed E-state index contributed by atoms with van der Waals surface area (Å²) >= 11 is 0. The second-order valence-electron chi connectivity index (χ2n) is 24.3. The number of carbonyl (C=O) groups is 8. The van der Waals surface area contributed by atoms with Crippen molar-refractivity contribution in [1.29, 1.82) is 0 Å². The van der Waals surface area contributed by atoms with Gasteiger partial charge in [0.2, 0.25) is 53.2 Å². The van der Waals surface area contributed by atoms with Crippen LogP contribution in [-0.2, 0) is 47.4 Å². The van der Waals surface area contributed by atoms with Crippen LogP contribution in [0.5, 0.6) is 144 Å². The molecule has 8 aromatic carbocycles. The average Bonchev–Trinajstić information content (AvgIpc) is 0.877. The molecule has 12 rings (SSSR count). The molecule has 10 atom stereocenters. The van der Waals surface area contributed by atoms with Crippen molar-refractivity contribution in [2.24, 2.45) is 0 Å². The van der Waals surface area contributed by atoms with Gasteiger partial charge in [-0.15, -0.1) is 0 Å². The van der Waals surface area contributed by atoms with Crippen LogP contribution in [0.1, 0.15) is 82.9 Å². The predicted octanol–water partition coefficient (Wildman–Crippen LogP) is 1.77. The maximum absolute atomic E-state index is 15.2. The molecule has 112 heavy (non-hydrogen) atoms. The van der Waals surface area contributed by atoms with Crippen LogP contribution in [0.4, 0.5) is 0 Å². The highest BCUT2D eigenvalue weighted by Gasteiger charge is 2.56. The third-order valence-electron chi connectivity index (χ3n) is 17.3. The average molecular weight is 1570 g/mol. The van der Waals surface area contributed by atoms with Gasteiger partial charge in [0, 0.05) is 34.4 Å². The van der Waals surface area contributed by atoms with Crippen LogP contribution in [0.15, 0.2) is 66.7 Å². The van der Waals surface area contributed by atoms with Crippen LogP contribution < -0.4 is 4.74 Å². The number of ether oxygens (including phenoxy) is 11. The zero-order chi connectivity index (χ0) is 81.7. The van der Waals surface area contributed by atoms with E-state index < -0.39 is 333 Å². The van der Waals surface area contributed by atoms with Crippen molar-refractivity contribution in [1.82, 2.24) is 0 Å². The number of aliphatic hydroxyl groups excluding tert-OH is 2. The minimum Gasteiger partial charge on any atom is -0.504 e. The minimum atomic E-state index is -3.05. The number of fused-ring (bicyclic) bond motifs is 9. The summed E-state index contributed by atoms with van der Waals surface area (Å²) in [6, 6.07) is 4.01. The lowest BCUT2D eigenvalue weighted by Crippen LogP contribution is -2.63. The van der Waals surface area contributed by atoms with Crippen molar-refractivity contribution in [3.8, 4) is 166 Å². The zero-order valence-corrected chi connectivity index (χ0v) is 55.0. The first-order valence-corrected chi connectivity index (χ1v) is 31.1. The molecular formula is C68H50O44. The number of phenols is 23. The normalized spacial score (nSPS) is 20.7. The van der Waals surface area contributed by atoms with E-state index in [9.17, 15) is 161 Å². The van der Waals surface area contributed by atoms with E-state index in [1.165, 1.54) is 0 Å². The number of phenolic OH excluding ortho intramolecular Hbond substituents is 23. The quantitative estimate of drug-likeness (QED) is 0.0527. The summed E-state index contributed by atoms with van der Waals surface area (Å²) in [5.41, 5.74) is -14.5. The number of hydrogen-bond donors (Lipinski definition) is 25. The lowest BCUT2D eigenvalue weighted by atomic mass is 9.91. The van der Waals surface area contributed by atoms with E-state index in [-0.39, 0.29) is 24.3 Å². The van der Waals surface area contributed by atoms with Gasteiger partial charge in [0.05, 0.1) is 38.9 Å². The molecular weight excluding hydrogens is 1520 g/mol. The number of hydrogen-bond acceptors (Lipinski definition) is 44. The standard InChI is InChI=1S/C68H50O44/c69-22-1-14(2-23(70)39(22)79)59(94)109-57-55-34(13-103-62(97)17-7-28(75)42(82)48(88)35(17)36-18(64(99)107-55)8-29(76)43(83)49(36)89)106-68(58(57)110-60(95)15-3-24(71)40(80)25(72)4-15)112-66(101)21-10-31(78)45(85)52(92)54(21)104-32-11-20-38(51(91)46(32)86)37-19(9-30(77)44(84)50(37)90)65(100)108-56-47(87)33(12-102-63(20)98)105-67(53(56)93)111-61(96)16-5-26(73)41(81)27(74)6-16/h1-11,33-34,47,53,55-58,67-93H,12-13H2. The summed E-state index contributed by atoms with van der Waals surface area (Å²) in [5.74, 6) is -51.6. The van der Waals surface area contributed by atoms with Crippen LogP contribution in [0.25, 0.3) is 22.3 Å². The third-order valence-corrected chi connectivity index (χ3v) is 17.3. The van der Waals surface area contributed by atoms with Gasteiger partial charge in [-0.05, 0) is 54.6 Å². The molecule has 0 radical (unpaired) electrons. The van der Waals surface area contributed by atoms with E-state index in [0.29, 0.717) is 42.5 Å². The summed E-state index contributed by atoms with van der Waals surface area (Å²) in [6.45, 7) is -2.90. The SMILES string of the molecule is O=C(OC1OC2COC(=O)c3cc(Oc4c(C(=O)OC5OC6COC(=O)c7cc(O)c(O)c(O)c7-c7c(cc(O)c(O)c7O)C(=O)OC6C(OC(=O)c6cc(O)c(O)c(O)c6)C5OC(=O)c5cc(O)c(O)c(O)c5)cc(O)c(O)c4O)c(O)c(O)c3-c3c(cc(O)c(O)c3O)C(=O)OC(C2O)C1O)c1cc(O)c(O)c(O)c1. The largest absolute Gasteiger partial charge is 0.504 e. The highest BCUT2D eigenvalue weighted by Crippen LogP contribution is 2.58. The smallest absolute Gasteiger partial charge is 0.344 e. The van der Waals surface area contributed by atoms with Gasteiger partial charge in [0.1, 0.15) is 37.1 Å². The predicted molar refractivity (Wildman–Crippen MR) is 345 cm³/mol. The highest BCUT2D eigenvalue weighted by molar-refractivity contribution is 6.10. The molecule has 0 spiro atoms. The molecule has 4 heterocycles. The Morgan fingerprint density at radius 2 is 0.643 bits per heavy atom. The Kier molecular flexibility index (Phi) is 19.3. The van der Waals surface area contributed by atoms with Gasteiger partial charge in [0.15, 0.2) is 134 Å². The van der Waals surface area contributed by atoms with E-state index in [1.807, 2.05) is 0 Å². The minimum absolute atomic E-state index is 0.135. The summed E-state index contributed by atoms with van der Waals surface area (Å²) in [4.78, 5) is 116. The first-order valence-electron chi connectivity index (χ1n) is 31.1. The van der Waals surface area contributed by atoms with Crippen molar-refractivity contribution in [3.05, 3.63) is 111 Å². The summed E-state index contributed by atoms with van der Waals surface area (Å²) < 4.78 is 61.3. The Bertz CT molecular complexity index is 5320. The number of aliphatic hydroxyl groups is 2. The summed E-state index contributed by atoms with van der Waals surface area (Å²) in [7, 11) is 0. The van der Waals surface area contributed by atoms with Gasteiger partial charge in [-0.1, -0.05) is 0 Å². The van der Waals surface area contributed by atoms with Crippen molar-refractivity contribution in [2.75, 3.05) is 13.2 Å². The summed E-state index contributed by atoms with van der Waals surface area (Å²) in [6.07, 6.45) is -26.0. The maximum atomic E-state index is 15.2. The van der Waals surface area contributed by atoms with Crippen LogP contribution in [0.2, 0.25) is 0 Å². The topological polar surface area (TPSA) is 744 Å². The number of rotatable bonds is 10. The molecule has 10 unspecified atom stereocenters. The first-order chi connectivity index (χ1) is 52.7. The monoisotopic (exact) mass is 1570 g/mol. The molecule has 4 aliphatic rings. The number of aromatic hydroxyl groups is 23. The van der Waals surface area contributed by atoms with Crippen LogP contribution in [0, 0.1) is 0 Å². The lowest BCUT2D eigenvalue weighted by molar-refractivity contribution is -0.284. The van der Waals surface area contributed by atoms with E-state index in [1.54, 1.807) is 0 Å². The van der Waals surface area contributed by atoms with Crippen molar-refractivity contribution in [2.45, 2.75) is 61.4 Å². The third kappa shape index (κ3) is 13.2. The van der Waals surface area contributed by atoms with Gasteiger partial charge in [-0.2, -0.15) is 0 Å². The number of esters is 8. The van der Waals surface area contributed by atoms with Crippen molar-refractivity contribution >= 4 is 47.8 Å². The molecule has 2 fully saturated rings. The van der Waals surface area contributed by atoms with Crippen LogP contribution >= 0.6 is 0 Å². The molecule has 44 nitrogen and oxygen atoms in total. The van der Waals surface area contributed by atoms with Gasteiger partial charge in [-0.25, -0.2) is 38.4 Å². The molecule has 25 N–H and O–H groups in total. The molecule has 2 saturated heterocycles. The number of carbonyl (C=O) groups excluding carboxylic acids is 8. The fourth-order valence-corrected chi connectivity index (χ4v) is 11.8. The molecule has 4 aliphatic heterocycles. The molecule has 0 aliphatic carbocycles. The second-order valence-corrected chi connectivity index (χ2v) is 24.3. The molecule has 586 valence electrons. The Morgan fingerprint density at radius 3 is 1.08 bits per heavy atom. The first kappa shape index (κ1) is 76.2. The molecule has 2 bridgehead atoms. The van der Waals surface area contributed by atoms with Gasteiger partial charge in [0.25, 0.3) is 0 Å². The number of cyclic esters (lactones) is 2. The Morgan fingerprint density at radius 1 is 0.312 bits per heavy atom.